The van der Waals surface area contributed by atoms with Crippen LogP contribution in [0.25, 0.3) is 10.2 Å². The number of rotatable bonds is 5. The number of hydrogen-bond acceptors (Lipinski definition) is 5. The summed E-state index contributed by atoms with van der Waals surface area (Å²) in [7, 11) is 0. The topological polar surface area (TPSA) is 74.3 Å². The van der Waals surface area contributed by atoms with Gasteiger partial charge in [-0.2, -0.15) is 0 Å². The minimum Gasteiger partial charge on any atom is -0.342 e. The van der Waals surface area contributed by atoms with Crippen LogP contribution in [0.3, 0.4) is 0 Å². The molecule has 0 spiro atoms. The lowest BCUT2D eigenvalue weighted by molar-refractivity contribution is -0.147. The molecule has 0 bridgehead atoms. The van der Waals surface area contributed by atoms with Crippen molar-refractivity contribution in [3.05, 3.63) is 29.3 Å². The smallest absolute Gasteiger partial charge is 0.245 e. The van der Waals surface area contributed by atoms with Gasteiger partial charge in [-0.3, -0.25) is 9.59 Å². The van der Waals surface area contributed by atoms with Crippen LogP contribution in [0, 0.1) is 5.92 Å². The Bertz CT molecular complexity index is 801. The zero-order chi connectivity index (χ0) is 18.3. The van der Waals surface area contributed by atoms with Crippen molar-refractivity contribution in [2.75, 3.05) is 6.54 Å². The summed E-state index contributed by atoms with van der Waals surface area (Å²) in [5.74, 6) is 0.420. The number of aromatic nitrogens is 1. The van der Waals surface area contributed by atoms with Crippen molar-refractivity contribution in [1.29, 1.82) is 0 Å². The number of thiazole rings is 1. The van der Waals surface area contributed by atoms with Gasteiger partial charge in [-0.15, -0.1) is 11.3 Å². The molecule has 3 heterocycles. The summed E-state index contributed by atoms with van der Waals surface area (Å²) in [6.45, 7) is 5.39. The van der Waals surface area contributed by atoms with Crippen LogP contribution in [0.15, 0.2) is 24.3 Å². The standard InChI is InChI=1S/C19H24N4O2S/c1-11(2)7-14-19(25)23-10-12(8-15(23)18(24)22-14)20-9-17-21-13-5-3-4-6-16(13)26-17/h3-6,11-12,14-15,20H,7-10H2,1-2H3,(H,22,24)/t12-,14+,15-/m0/s1. The molecular weight excluding hydrogens is 348 g/mol. The predicted octanol–water partition coefficient (Wildman–Crippen LogP) is 1.90. The molecule has 2 aliphatic heterocycles. The van der Waals surface area contributed by atoms with Gasteiger partial charge in [0.05, 0.1) is 10.2 Å². The zero-order valence-corrected chi connectivity index (χ0v) is 15.9. The molecule has 2 amide bonds. The van der Waals surface area contributed by atoms with Gasteiger partial charge in [0.25, 0.3) is 0 Å². The minimum absolute atomic E-state index is 0.0143. The monoisotopic (exact) mass is 372 g/mol. The molecule has 2 aliphatic rings. The number of para-hydroxylation sites is 1. The van der Waals surface area contributed by atoms with Crippen LogP contribution in [0.5, 0.6) is 0 Å². The molecule has 0 radical (unpaired) electrons. The number of benzene rings is 1. The molecular formula is C19H24N4O2S. The molecule has 4 rings (SSSR count). The highest BCUT2D eigenvalue weighted by Crippen LogP contribution is 2.26. The van der Waals surface area contributed by atoms with Gasteiger partial charge in [-0.1, -0.05) is 26.0 Å². The summed E-state index contributed by atoms with van der Waals surface area (Å²) < 4.78 is 1.18. The van der Waals surface area contributed by atoms with Crippen LogP contribution in [0.2, 0.25) is 0 Å². The Morgan fingerprint density at radius 1 is 1.35 bits per heavy atom. The van der Waals surface area contributed by atoms with Gasteiger partial charge in [0, 0.05) is 19.1 Å². The summed E-state index contributed by atoms with van der Waals surface area (Å²) >= 11 is 1.68. The van der Waals surface area contributed by atoms with Crippen LogP contribution in [-0.4, -0.2) is 46.4 Å². The average Bonchev–Trinajstić information content (AvgIpc) is 3.21. The van der Waals surface area contributed by atoms with Gasteiger partial charge >= 0.3 is 0 Å². The zero-order valence-electron chi connectivity index (χ0n) is 15.1. The van der Waals surface area contributed by atoms with E-state index in [1.807, 2.05) is 18.2 Å². The minimum atomic E-state index is -0.373. The molecule has 2 aromatic rings. The molecule has 0 saturated carbocycles. The first kappa shape index (κ1) is 17.4. The fourth-order valence-electron chi connectivity index (χ4n) is 3.86. The highest BCUT2D eigenvalue weighted by Gasteiger charge is 2.46. The molecule has 3 atom stereocenters. The maximum Gasteiger partial charge on any atom is 0.245 e. The maximum atomic E-state index is 12.7. The van der Waals surface area contributed by atoms with E-state index in [1.54, 1.807) is 16.2 Å². The quantitative estimate of drug-likeness (QED) is 0.841. The first-order valence-corrected chi connectivity index (χ1v) is 10.0. The fourth-order valence-corrected chi connectivity index (χ4v) is 4.78. The number of fused-ring (bicyclic) bond motifs is 2. The van der Waals surface area contributed by atoms with E-state index >= 15 is 0 Å². The van der Waals surface area contributed by atoms with Crippen molar-refractivity contribution in [2.24, 2.45) is 5.92 Å². The number of carbonyl (C=O) groups is 2. The lowest BCUT2D eigenvalue weighted by Crippen LogP contribution is -2.61. The third-order valence-electron chi connectivity index (χ3n) is 5.09. The van der Waals surface area contributed by atoms with E-state index in [-0.39, 0.29) is 29.9 Å². The van der Waals surface area contributed by atoms with Crippen molar-refractivity contribution in [3.63, 3.8) is 0 Å². The van der Waals surface area contributed by atoms with Crippen molar-refractivity contribution in [2.45, 2.75) is 51.4 Å². The largest absolute Gasteiger partial charge is 0.342 e. The van der Waals surface area contributed by atoms with Crippen molar-refractivity contribution in [1.82, 2.24) is 20.5 Å². The van der Waals surface area contributed by atoms with E-state index in [0.717, 1.165) is 10.5 Å². The summed E-state index contributed by atoms with van der Waals surface area (Å²) in [5.41, 5.74) is 1.02. The first-order chi connectivity index (χ1) is 12.5. The summed E-state index contributed by atoms with van der Waals surface area (Å²) in [6, 6.07) is 7.52. The molecule has 0 unspecified atom stereocenters. The highest BCUT2D eigenvalue weighted by atomic mass is 32.1. The molecule has 138 valence electrons. The third-order valence-corrected chi connectivity index (χ3v) is 6.13. The van der Waals surface area contributed by atoms with Crippen LogP contribution >= 0.6 is 11.3 Å². The van der Waals surface area contributed by atoms with E-state index in [2.05, 4.69) is 35.5 Å². The molecule has 2 N–H and O–H groups in total. The lowest BCUT2D eigenvalue weighted by Gasteiger charge is -2.35. The number of nitrogens with zero attached hydrogens (tertiary/aromatic N) is 2. The normalized spacial score (nSPS) is 25.8. The van der Waals surface area contributed by atoms with E-state index in [0.29, 0.717) is 31.8 Å². The molecule has 26 heavy (non-hydrogen) atoms. The van der Waals surface area contributed by atoms with Crippen LogP contribution in [0.4, 0.5) is 0 Å². The average molecular weight is 372 g/mol. The van der Waals surface area contributed by atoms with E-state index in [4.69, 9.17) is 0 Å². The maximum absolute atomic E-state index is 12.7. The number of amides is 2. The van der Waals surface area contributed by atoms with Crippen LogP contribution in [0.1, 0.15) is 31.7 Å². The Labute approximate surface area is 157 Å². The second-order valence-electron chi connectivity index (χ2n) is 7.59. The third kappa shape index (κ3) is 3.33. The van der Waals surface area contributed by atoms with Gasteiger partial charge in [-0.05, 0) is 30.9 Å². The lowest BCUT2D eigenvalue weighted by atomic mass is 9.99. The van der Waals surface area contributed by atoms with E-state index in [9.17, 15) is 9.59 Å². The van der Waals surface area contributed by atoms with Gasteiger partial charge in [0.2, 0.25) is 11.8 Å². The summed E-state index contributed by atoms with van der Waals surface area (Å²) in [5, 5.41) is 7.43. The van der Waals surface area contributed by atoms with Gasteiger partial charge < -0.3 is 15.5 Å². The van der Waals surface area contributed by atoms with Crippen LogP contribution < -0.4 is 10.6 Å². The predicted molar refractivity (Wildman–Crippen MR) is 102 cm³/mol. The van der Waals surface area contributed by atoms with Crippen LogP contribution in [-0.2, 0) is 16.1 Å². The van der Waals surface area contributed by atoms with Crippen molar-refractivity contribution >= 4 is 33.4 Å². The first-order valence-electron chi connectivity index (χ1n) is 9.20. The molecule has 7 heteroatoms. The van der Waals surface area contributed by atoms with Gasteiger partial charge in [0.1, 0.15) is 17.1 Å². The molecule has 2 saturated heterocycles. The molecule has 2 fully saturated rings. The number of piperazine rings is 1. The highest BCUT2D eigenvalue weighted by molar-refractivity contribution is 7.18. The Hall–Kier alpha value is -1.99. The summed E-state index contributed by atoms with van der Waals surface area (Å²) in [4.78, 5) is 31.5. The fraction of sp³-hybridized carbons (Fsp3) is 0.526. The molecule has 6 nitrogen and oxygen atoms in total. The second-order valence-corrected chi connectivity index (χ2v) is 8.70. The van der Waals surface area contributed by atoms with Gasteiger partial charge in [-0.25, -0.2) is 4.98 Å². The second kappa shape index (κ2) is 6.96. The van der Waals surface area contributed by atoms with Crippen molar-refractivity contribution in [3.8, 4) is 0 Å². The SMILES string of the molecule is CC(C)C[C@H]1NC(=O)[C@@H]2C[C@H](NCc3nc4ccccc4s3)CN2C1=O. The molecule has 1 aromatic carbocycles. The Balaban J connectivity index is 1.39. The number of carbonyl (C=O) groups excluding carboxylic acids is 2. The van der Waals surface area contributed by atoms with Crippen molar-refractivity contribution < 1.29 is 9.59 Å². The molecule has 1 aromatic heterocycles. The Morgan fingerprint density at radius 2 is 2.15 bits per heavy atom. The number of nitrogens with one attached hydrogen (secondary N) is 2. The van der Waals surface area contributed by atoms with E-state index < -0.39 is 0 Å². The Morgan fingerprint density at radius 3 is 2.92 bits per heavy atom. The van der Waals surface area contributed by atoms with Gasteiger partial charge in [0.15, 0.2) is 0 Å². The molecule has 0 aliphatic carbocycles. The summed E-state index contributed by atoms with van der Waals surface area (Å²) in [6.07, 6.45) is 1.36. The number of hydrogen-bond donors (Lipinski definition) is 2. The van der Waals surface area contributed by atoms with E-state index in [1.165, 1.54) is 4.70 Å². The Kier molecular flexibility index (Phi) is 4.67.